The van der Waals surface area contributed by atoms with Crippen LogP contribution in [-0.2, 0) is 33.6 Å². The molecule has 0 aromatic carbocycles. The van der Waals surface area contributed by atoms with Gasteiger partial charge in [-0.2, -0.15) is 0 Å². The van der Waals surface area contributed by atoms with Crippen molar-refractivity contribution in [1.82, 2.24) is 31.1 Å². The Morgan fingerprint density at radius 2 is 1.11 bits per heavy atom. The first kappa shape index (κ1) is 46.9. The molecule has 0 aromatic rings. The summed E-state index contributed by atoms with van der Waals surface area (Å²) in [5.74, 6) is -4.92. The number of nitrogens with zero attached hydrogens (tertiary/aromatic N) is 4. The van der Waals surface area contributed by atoms with Gasteiger partial charge >= 0.3 is 5.97 Å². The third kappa shape index (κ3) is 15.1. The number of unbranched alkanes of at least 4 members (excludes halogenated alkanes) is 1. The van der Waals surface area contributed by atoms with Crippen molar-refractivity contribution in [3.8, 4) is 0 Å². The molecule has 7 atom stereocenters. The maximum atomic E-state index is 13.9. The van der Waals surface area contributed by atoms with Crippen molar-refractivity contribution in [3.05, 3.63) is 0 Å². The molecule has 0 unspecified atom stereocenters. The maximum absolute atomic E-state index is 13.9. The first-order chi connectivity index (χ1) is 26.5. The van der Waals surface area contributed by atoms with Crippen LogP contribution >= 0.6 is 0 Å². The number of hydrogen-bond acceptors (Lipinski definition) is 11. The van der Waals surface area contributed by atoms with Crippen molar-refractivity contribution < 1.29 is 38.7 Å². The molecule has 2 saturated heterocycles. The zero-order valence-corrected chi connectivity index (χ0v) is 32.4. The minimum absolute atomic E-state index is 0.0417. The van der Waals surface area contributed by atoms with E-state index in [-0.39, 0.29) is 44.3 Å². The van der Waals surface area contributed by atoms with Crippen LogP contribution in [0.3, 0.4) is 0 Å². The predicted octanol–water partition coefficient (Wildman–Crippen LogP) is -4.40. The second-order valence-corrected chi connectivity index (χ2v) is 14.1. The Morgan fingerprint density at radius 3 is 1.57 bits per heavy atom. The van der Waals surface area contributed by atoms with Gasteiger partial charge in [-0.25, -0.2) is 4.79 Å². The highest BCUT2D eigenvalue weighted by atomic mass is 16.4. The van der Waals surface area contributed by atoms with Crippen molar-refractivity contribution in [2.45, 2.75) is 127 Å². The average Bonchev–Trinajstić information content (AvgIpc) is 3.84. The van der Waals surface area contributed by atoms with Crippen molar-refractivity contribution in [1.29, 1.82) is 0 Å². The Hall–Kier alpha value is -5.25. The average molecular weight is 795 g/mol. The van der Waals surface area contributed by atoms with Gasteiger partial charge in [0, 0.05) is 26.2 Å². The van der Waals surface area contributed by atoms with Gasteiger partial charge in [-0.1, -0.05) is 0 Å². The molecule has 2 rings (SSSR count). The molecule has 0 aliphatic carbocycles. The number of carboxylic acids is 1. The number of nitrogens with two attached hydrogens (primary N) is 6. The Morgan fingerprint density at radius 1 is 0.661 bits per heavy atom. The van der Waals surface area contributed by atoms with E-state index in [4.69, 9.17) is 34.4 Å². The Balaban J connectivity index is 2.04. The van der Waals surface area contributed by atoms with Crippen LogP contribution in [-0.4, -0.2) is 143 Å². The molecule has 6 amide bonds. The summed E-state index contributed by atoms with van der Waals surface area (Å²) in [6.45, 7) is 4.23. The minimum atomic E-state index is -1.27. The molecule has 0 saturated carbocycles. The molecule has 22 heteroatoms. The highest BCUT2D eigenvalue weighted by molar-refractivity contribution is 5.97. The molecule has 316 valence electrons. The van der Waals surface area contributed by atoms with E-state index in [1.165, 1.54) is 23.6 Å². The molecule has 0 aromatic heterocycles. The zero-order chi connectivity index (χ0) is 41.9. The van der Waals surface area contributed by atoms with Crippen LogP contribution in [0.1, 0.15) is 84.5 Å². The number of hydrogen-bond donors (Lipinski definition) is 11. The first-order valence-corrected chi connectivity index (χ1v) is 19.1. The molecule has 56 heavy (non-hydrogen) atoms. The van der Waals surface area contributed by atoms with Gasteiger partial charge < -0.3 is 70.6 Å². The lowest BCUT2D eigenvalue weighted by atomic mass is 10.1. The smallest absolute Gasteiger partial charge is 0.326 e. The van der Waals surface area contributed by atoms with Gasteiger partial charge in [0.1, 0.15) is 36.3 Å². The summed E-state index contributed by atoms with van der Waals surface area (Å²) in [6.07, 6.45) is 4.08. The van der Waals surface area contributed by atoms with E-state index in [0.717, 1.165) is 0 Å². The van der Waals surface area contributed by atoms with E-state index in [9.17, 15) is 38.7 Å². The number of amides is 6. The number of carboxylic acid groups (broad SMARTS) is 1. The summed E-state index contributed by atoms with van der Waals surface area (Å²) in [4.78, 5) is 102. The molecule has 0 radical (unpaired) electrons. The van der Waals surface area contributed by atoms with Crippen LogP contribution in [0.15, 0.2) is 9.98 Å². The van der Waals surface area contributed by atoms with Gasteiger partial charge in [-0.15, -0.1) is 0 Å². The van der Waals surface area contributed by atoms with Crippen molar-refractivity contribution in [2.75, 3.05) is 32.7 Å². The fourth-order valence-corrected chi connectivity index (χ4v) is 6.52. The molecule has 17 N–H and O–H groups in total. The highest BCUT2D eigenvalue weighted by Crippen LogP contribution is 2.21. The maximum Gasteiger partial charge on any atom is 0.326 e. The molecule has 2 fully saturated rings. The fourth-order valence-electron chi connectivity index (χ4n) is 6.52. The molecule has 2 heterocycles. The van der Waals surface area contributed by atoms with Crippen molar-refractivity contribution in [2.24, 2.45) is 44.4 Å². The predicted molar refractivity (Wildman–Crippen MR) is 207 cm³/mol. The molecular weight excluding hydrogens is 732 g/mol. The number of aliphatic carboxylic acids is 1. The van der Waals surface area contributed by atoms with Gasteiger partial charge in [-0.05, 0) is 91.0 Å². The molecule has 2 aliphatic heterocycles. The number of carbonyl (C=O) groups is 7. The van der Waals surface area contributed by atoms with E-state index >= 15 is 0 Å². The molecule has 0 spiro atoms. The van der Waals surface area contributed by atoms with E-state index < -0.39 is 83.7 Å². The van der Waals surface area contributed by atoms with Gasteiger partial charge in [0.05, 0.1) is 6.04 Å². The summed E-state index contributed by atoms with van der Waals surface area (Å²) in [6, 6.07) is -7.18. The summed E-state index contributed by atoms with van der Waals surface area (Å²) in [5, 5.41) is 19.9. The van der Waals surface area contributed by atoms with E-state index in [1.807, 2.05) is 0 Å². The lowest BCUT2D eigenvalue weighted by Gasteiger charge is -2.30. The summed E-state index contributed by atoms with van der Waals surface area (Å²) < 4.78 is 0. The van der Waals surface area contributed by atoms with Crippen LogP contribution < -0.4 is 55.7 Å². The number of likely N-dealkylation sites (tertiary alicyclic amines) is 2. The number of rotatable bonds is 23. The van der Waals surface area contributed by atoms with Crippen LogP contribution in [0.4, 0.5) is 0 Å². The standard InChI is InChI=1S/C34H62N14O8/c1-19(43-28(51)24-12-7-17-47(24)30(53)21(36)9-5-15-41-33(37)38)26(49)45-22(10-3-4-14-35)31(54)48-18-8-13-25(48)29(52)44-20(2)27(50)46-23(32(55)56)11-6-16-42-34(39)40/h19-25H,3-18,35-36H2,1-2H3,(H,43,51)(H,44,52)(H,45,49)(H,46,50)(H,55,56)(H4,37,38,41)(H4,39,40,42)/t19-,20-,21-,22-,23-,24-,25-/m0/s1. The third-order valence-corrected chi connectivity index (χ3v) is 9.59. The Kier molecular flexibility index (Phi) is 19.8. The lowest BCUT2D eigenvalue weighted by Crippen LogP contribution is -2.58. The number of nitrogens with one attached hydrogen (secondary N) is 4. The second kappa shape index (κ2) is 23.6. The molecule has 2 aliphatic rings. The van der Waals surface area contributed by atoms with E-state index in [2.05, 4.69) is 31.3 Å². The second-order valence-electron chi connectivity index (χ2n) is 14.1. The van der Waals surface area contributed by atoms with Crippen molar-refractivity contribution >= 4 is 53.3 Å². The quantitative estimate of drug-likeness (QED) is 0.0264. The van der Waals surface area contributed by atoms with Gasteiger partial charge in [0.25, 0.3) is 0 Å². The number of aliphatic imine (C=N–C) groups is 2. The number of guanidine groups is 2. The van der Waals surface area contributed by atoms with Gasteiger partial charge in [0.2, 0.25) is 35.4 Å². The van der Waals surface area contributed by atoms with Gasteiger partial charge in [-0.3, -0.25) is 38.8 Å². The summed E-state index contributed by atoms with van der Waals surface area (Å²) in [5.41, 5.74) is 33.0. The number of carbonyl (C=O) groups excluding carboxylic acids is 6. The van der Waals surface area contributed by atoms with Crippen LogP contribution in [0.25, 0.3) is 0 Å². The van der Waals surface area contributed by atoms with Crippen LogP contribution in [0.2, 0.25) is 0 Å². The van der Waals surface area contributed by atoms with E-state index in [1.54, 1.807) is 0 Å². The van der Waals surface area contributed by atoms with Crippen LogP contribution in [0, 0.1) is 0 Å². The Bertz CT molecular complexity index is 1440. The summed E-state index contributed by atoms with van der Waals surface area (Å²) >= 11 is 0. The first-order valence-electron chi connectivity index (χ1n) is 19.1. The van der Waals surface area contributed by atoms with E-state index in [0.29, 0.717) is 71.0 Å². The Labute approximate surface area is 326 Å². The monoisotopic (exact) mass is 794 g/mol. The highest BCUT2D eigenvalue weighted by Gasteiger charge is 2.40. The molecular formula is C34H62N14O8. The van der Waals surface area contributed by atoms with Gasteiger partial charge in [0.15, 0.2) is 11.9 Å². The lowest BCUT2D eigenvalue weighted by molar-refractivity contribution is -0.143. The SMILES string of the molecule is C[C@H](NC(=O)[C@@H]1CCCN1C(=O)[C@H](CCCCN)NC(=O)[C@H](C)NC(=O)[C@@H]1CCCN1C(=O)[C@@H](N)CCCN=C(N)N)C(=O)N[C@@H](CCCN=C(N)N)C(=O)O. The van der Waals surface area contributed by atoms with Crippen molar-refractivity contribution in [3.63, 3.8) is 0 Å². The largest absolute Gasteiger partial charge is 0.480 e. The molecule has 0 bridgehead atoms. The molecule has 22 nitrogen and oxygen atoms in total. The minimum Gasteiger partial charge on any atom is -0.480 e. The zero-order valence-electron chi connectivity index (χ0n) is 32.4. The normalized spacial score (nSPS) is 19.1. The fraction of sp³-hybridized carbons (Fsp3) is 0.735. The third-order valence-electron chi connectivity index (χ3n) is 9.59. The summed E-state index contributed by atoms with van der Waals surface area (Å²) in [7, 11) is 0. The topological polar surface area (TPSA) is 375 Å². The van der Waals surface area contributed by atoms with Crippen LogP contribution in [0.5, 0.6) is 0 Å².